The van der Waals surface area contributed by atoms with E-state index < -0.39 is 5.97 Å². The Morgan fingerprint density at radius 1 is 1.21 bits per heavy atom. The Bertz CT molecular complexity index is 584. The molecule has 2 aromatic rings. The minimum atomic E-state index is -0.893. The molecule has 0 spiro atoms. The molecule has 2 N–H and O–H groups in total. The first kappa shape index (κ1) is 12.7. The molecule has 6 nitrogen and oxygen atoms in total. The number of carbonyl (C=O) groups is 1. The first-order valence-electron chi connectivity index (χ1n) is 5.63. The third-order valence-corrected chi connectivity index (χ3v) is 2.33. The van der Waals surface area contributed by atoms with Gasteiger partial charge >= 0.3 is 5.97 Å². The van der Waals surface area contributed by atoms with Crippen molar-refractivity contribution in [2.45, 2.75) is 6.42 Å². The summed E-state index contributed by atoms with van der Waals surface area (Å²) in [6.45, 7) is 0. The van der Waals surface area contributed by atoms with E-state index in [1.807, 2.05) is 0 Å². The predicted molar refractivity (Wildman–Crippen MR) is 70.2 cm³/mol. The number of rotatable bonds is 5. The zero-order valence-corrected chi connectivity index (χ0v) is 10.0. The number of carboxylic acids is 1. The Morgan fingerprint density at radius 2 is 2.00 bits per heavy atom. The highest BCUT2D eigenvalue weighted by Gasteiger charge is 2.05. The number of para-hydroxylation sites is 1. The van der Waals surface area contributed by atoms with Crippen LogP contribution in [0.3, 0.4) is 0 Å². The van der Waals surface area contributed by atoms with Gasteiger partial charge in [-0.3, -0.25) is 10.2 Å². The minimum absolute atomic E-state index is 0.0672. The molecule has 19 heavy (non-hydrogen) atoms. The number of carboxylic acid groups (broad SMARTS) is 1. The number of nitrogens with one attached hydrogen (secondary N) is 1. The maximum absolute atomic E-state index is 10.7. The number of pyridine rings is 1. The molecule has 0 fully saturated rings. The van der Waals surface area contributed by atoms with Crippen LogP contribution in [0.1, 0.15) is 5.56 Å². The lowest BCUT2D eigenvalue weighted by Crippen LogP contribution is -2.02. The van der Waals surface area contributed by atoms with Gasteiger partial charge in [-0.05, 0) is 23.8 Å². The first-order valence-corrected chi connectivity index (χ1v) is 5.63. The second-order valence-corrected chi connectivity index (χ2v) is 3.73. The summed E-state index contributed by atoms with van der Waals surface area (Å²) in [6, 6.07) is 12.4. The predicted octanol–water partition coefficient (Wildman–Crippen LogP) is 2.82. The molecule has 96 valence electrons. The van der Waals surface area contributed by atoms with Crippen LogP contribution in [0.15, 0.2) is 59.0 Å². The van der Waals surface area contributed by atoms with Crippen molar-refractivity contribution in [3.63, 3.8) is 0 Å². The molecule has 0 unspecified atom stereocenters. The van der Waals surface area contributed by atoms with Crippen LogP contribution >= 0.6 is 0 Å². The van der Waals surface area contributed by atoms with Crippen molar-refractivity contribution < 1.29 is 9.90 Å². The molecule has 1 aromatic heterocycles. The molecule has 1 heterocycles. The van der Waals surface area contributed by atoms with E-state index in [9.17, 15) is 4.79 Å². The van der Waals surface area contributed by atoms with E-state index in [0.29, 0.717) is 17.1 Å². The molecule has 0 saturated heterocycles. The SMILES string of the molecule is O=C(O)Cc1ccccc1N/N=N/c1ccccn1. The molecule has 0 radical (unpaired) electrons. The lowest BCUT2D eigenvalue weighted by atomic mass is 10.1. The summed E-state index contributed by atoms with van der Waals surface area (Å²) in [5.41, 5.74) is 3.99. The van der Waals surface area contributed by atoms with Gasteiger partial charge in [-0.25, -0.2) is 4.98 Å². The first-order chi connectivity index (χ1) is 9.25. The van der Waals surface area contributed by atoms with Crippen molar-refractivity contribution in [2.24, 2.45) is 10.3 Å². The van der Waals surface area contributed by atoms with Crippen molar-refractivity contribution in [1.29, 1.82) is 0 Å². The fourth-order valence-corrected chi connectivity index (χ4v) is 1.49. The molecule has 0 aliphatic heterocycles. The number of hydrogen-bond acceptors (Lipinski definition) is 4. The number of anilines is 1. The summed E-state index contributed by atoms with van der Waals surface area (Å²) in [6.07, 6.45) is 1.55. The second kappa shape index (κ2) is 6.25. The maximum Gasteiger partial charge on any atom is 0.307 e. The summed E-state index contributed by atoms with van der Waals surface area (Å²) in [4.78, 5) is 14.7. The third-order valence-electron chi connectivity index (χ3n) is 2.33. The van der Waals surface area contributed by atoms with Crippen LogP contribution in [0.4, 0.5) is 11.5 Å². The number of nitrogens with zero attached hydrogens (tertiary/aromatic N) is 3. The molecular weight excluding hydrogens is 244 g/mol. The number of aromatic nitrogens is 1. The number of hydrogen-bond donors (Lipinski definition) is 2. The van der Waals surface area contributed by atoms with Crippen LogP contribution in [-0.2, 0) is 11.2 Å². The number of benzene rings is 1. The Labute approximate surface area is 109 Å². The van der Waals surface area contributed by atoms with E-state index in [2.05, 4.69) is 20.7 Å². The molecule has 0 atom stereocenters. The average molecular weight is 256 g/mol. The lowest BCUT2D eigenvalue weighted by Gasteiger charge is -2.05. The molecule has 0 saturated carbocycles. The summed E-state index contributed by atoms with van der Waals surface area (Å²) >= 11 is 0. The fourth-order valence-electron chi connectivity index (χ4n) is 1.49. The zero-order chi connectivity index (χ0) is 13.5. The van der Waals surface area contributed by atoms with Gasteiger partial charge in [-0.1, -0.05) is 29.5 Å². The molecule has 0 aliphatic carbocycles. The van der Waals surface area contributed by atoms with Gasteiger partial charge < -0.3 is 5.11 Å². The highest BCUT2D eigenvalue weighted by molar-refractivity contribution is 5.73. The van der Waals surface area contributed by atoms with Crippen LogP contribution in [0.2, 0.25) is 0 Å². The quantitative estimate of drug-likeness (QED) is 0.636. The molecule has 2 rings (SSSR count). The van der Waals surface area contributed by atoms with Crippen molar-refractivity contribution in [1.82, 2.24) is 4.98 Å². The summed E-state index contributed by atoms with van der Waals surface area (Å²) in [7, 11) is 0. The van der Waals surface area contributed by atoms with Crippen molar-refractivity contribution in [3.8, 4) is 0 Å². The van der Waals surface area contributed by atoms with Crippen molar-refractivity contribution in [3.05, 3.63) is 54.2 Å². The maximum atomic E-state index is 10.7. The van der Waals surface area contributed by atoms with Gasteiger partial charge in [0.1, 0.15) is 0 Å². The largest absolute Gasteiger partial charge is 0.481 e. The third kappa shape index (κ3) is 3.88. The van der Waals surface area contributed by atoms with E-state index in [-0.39, 0.29) is 6.42 Å². The zero-order valence-electron chi connectivity index (χ0n) is 10.0. The second-order valence-electron chi connectivity index (χ2n) is 3.73. The topological polar surface area (TPSA) is 86.9 Å². The standard InChI is InChI=1S/C13H12N4O2/c18-13(19)9-10-5-1-2-6-11(10)15-17-16-12-7-3-4-8-14-12/h1-8H,9H2,(H,18,19)(H,14,15,16). The van der Waals surface area contributed by atoms with E-state index in [1.165, 1.54) is 0 Å². The molecular formula is C13H12N4O2. The van der Waals surface area contributed by atoms with Crippen molar-refractivity contribution >= 4 is 17.5 Å². The van der Waals surface area contributed by atoms with Gasteiger partial charge in [0.15, 0.2) is 5.82 Å². The van der Waals surface area contributed by atoms with E-state index in [1.54, 1.807) is 48.7 Å². The van der Waals surface area contributed by atoms with Crippen LogP contribution in [-0.4, -0.2) is 16.1 Å². The van der Waals surface area contributed by atoms with E-state index >= 15 is 0 Å². The molecule has 1 aromatic carbocycles. The molecule has 0 aliphatic rings. The van der Waals surface area contributed by atoms with E-state index in [4.69, 9.17) is 5.11 Å². The van der Waals surface area contributed by atoms with Crippen molar-refractivity contribution in [2.75, 3.05) is 5.43 Å². The average Bonchev–Trinajstić information content (AvgIpc) is 2.41. The van der Waals surface area contributed by atoms with Crippen LogP contribution < -0.4 is 5.43 Å². The van der Waals surface area contributed by atoms with Gasteiger partial charge in [-0.2, -0.15) is 0 Å². The van der Waals surface area contributed by atoms with Gasteiger partial charge in [0.2, 0.25) is 0 Å². The highest BCUT2D eigenvalue weighted by atomic mass is 16.4. The number of aliphatic carboxylic acids is 1. The summed E-state index contributed by atoms with van der Waals surface area (Å²) < 4.78 is 0. The Hall–Kier alpha value is -2.76. The molecule has 0 amide bonds. The highest BCUT2D eigenvalue weighted by Crippen LogP contribution is 2.16. The van der Waals surface area contributed by atoms with Gasteiger partial charge in [0.05, 0.1) is 12.1 Å². The monoisotopic (exact) mass is 256 g/mol. The Balaban J connectivity index is 2.07. The molecule has 6 heteroatoms. The van der Waals surface area contributed by atoms with Gasteiger partial charge in [-0.15, -0.1) is 5.11 Å². The lowest BCUT2D eigenvalue weighted by molar-refractivity contribution is -0.136. The van der Waals surface area contributed by atoms with Gasteiger partial charge in [0.25, 0.3) is 0 Å². The minimum Gasteiger partial charge on any atom is -0.481 e. The van der Waals surface area contributed by atoms with Gasteiger partial charge in [0, 0.05) is 6.20 Å². The summed E-state index contributed by atoms with van der Waals surface area (Å²) in [5.74, 6) is -0.415. The Kier molecular flexibility index (Phi) is 4.17. The Morgan fingerprint density at radius 3 is 2.74 bits per heavy atom. The van der Waals surface area contributed by atoms with E-state index in [0.717, 1.165) is 0 Å². The smallest absolute Gasteiger partial charge is 0.307 e. The normalized spacial score (nSPS) is 10.5. The van der Waals surface area contributed by atoms with Crippen LogP contribution in [0.25, 0.3) is 0 Å². The molecule has 0 bridgehead atoms. The summed E-state index contributed by atoms with van der Waals surface area (Å²) in [5, 5.41) is 16.5. The van der Waals surface area contributed by atoms with Crippen LogP contribution in [0.5, 0.6) is 0 Å². The fraction of sp³-hybridized carbons (Fsp3) is 0.0769. The van der Waals surface area contributed by atoms with Crippen LogP contribution in [0, 0.1) is 0 Å².